The molecule has 0 N–H and O–H groups in total. The minimum atomic E-state index is -0.431. The van der Waals surface area contributed by atoms with Crippen LogP contribution in [0.25, 0.3) is 0 Å². The number of rotatable bonds is 6. The first-order valence-corrected chi connectivity index (χ1v) is 9.35. The van der Waals surface area contributed by atoms with Crippen LogP contribution in [-0.2, 0) is 9.47 Å². The van der Waals surface area contributed by atoms with Gasteiger partial charge in [-0.2, -0.15) is 0 Å². The average molecular weight is 348 g/mol. The van der Waals surface area contributed by atoms with Gasteiger partial charge in [0.15, 0.2) is 0 Å². The third-order valence-electron chi connectivity index (χ3n) is 4.40. The lowest BCUT2D eigenvalue weighted by Gasteiger charge is -2.34. The van der Waals surface area contributed by atoms with Crippen molar-refractivity contribution in [3.63, 3.8) is 0 Å². The Hall–Kier alpha value is -1.62. The maximum Gasteiger partial charge on any atom is 0.410 e. The summed E-state index contributed by atoms with van der Waals surface area (Å²) in [6, 6.07) is 5.88. The van der Waals surface area contributed by atoms with Crippen LogP contribution in [0.3, 0.4) is 0 Å². The van der Waals surface area contributed by atoms with E-state index in [1.807, 2.05) is 50.8 Å². The number of carbonyl (C=O) groups is 1. The van der Waals surface area contributed by atoms with Crippen LogP contribution < -0.4 is 0 Å². The number of likely N-dealkylation sites (tertiary alicyclic amines) is 1. The number of piperidine rings is 1. The van der Waals surface area contributed by atoms with Crippen molar-refractivity contribution >= 4 is 6.09 Å². The van der Waals surface area contributed by atoms with Crippen LogP contribution in [0.15, 0.2) is 24.4 Å². The van der Waals surface area contributed by atoms with Crippen LogP contribution in [-0.4, -0.2) is 41.3 Å². The number of hydrogen-bond acceptors (Lipinski definition) is 4. The maximum atomic E-state index is 12.2. The van der Waals surface area contributed by atoms with Gasteiger partial charge in [0.2, 0.25) is 0 Å². The number of aromatic nitrogens is 1. The monoisotopic (exact) mass is 348 g/mol. The summed E-state index contributed by atoms with van der Waals surface area (Å²) in [6.45, 7) is 10.1. The summed E-state index contributed by atoms with van der Waals surface area (Å²) >= 11 is 0. The molecule has 2 rings (SSSR count). The lowest BCUT2D eigenvalue weighted by atomic mass is 9.94. The van der Waals surface area contributed by atoms with Crippen LogP contribution >= 0.6 is 0 Å². The van der Waals surface area contributed by atoms with E-state index in [9.17, 15) is 4.79 Å². The summed E-state index contributed by atoms with van der Waals surface area (Å²) in [7, 11) is 0. The molecule has 0 saturated carbocycles. The zero-order chi connectivity index (χ0) is 18.3. The first kappa shape index (κ1) is 19.7. The van der Waals surface area contributed by atoms with Crippen LogP contribution in [0.2, 0.25) is 0 Å². The quantitative estimate of drug-likeness (QED) is 0.706. The normalized spacial score (nSPS) is 19.5. The van der Waals surface area contributed by atoms with Crippen molar-refractivity contribution in [2.45, 2.75) is 65.1 Å². The molecule has 1 fully saturated rings. The fourth-order valence-electron chi connectivity index (χ4n) is 3.13. The van der Waals surface area contributed by atoms with E-state index < -0.39 is 5.60 Å². The highest BCUT2D eigenvalue weighted by molar-refractivity contribution is 5.68. The van der Waals surface area contributed by atoms with Gasteiger partial charge in [-0.1, -0.05) is 6.07 Å². The van der Waals surface area contributed by atoms with E-state index >= 15 is 0 Å². The second kappa shape index (κ2) is 9.18. The highest BCUT2D eigenvalue weighted by atomic mass is 16.6. The molecule has 5 heteroatoms. The Morgan fingerprint density at radius 2 is 2.20 bits per heavy atom. The molecule has 1 aliphatic rings. The Balaban J connectivity index is 1.68. The van der Waals surface area contributed by atoms with Gasteiger partial charge in [0.25, 0.3) is 0 Å². The zero-order valence-corrected chi connectivity index (χ0v) is 16.0. The molecule has 2 heterocycles. The fourth-order valence-corrected chi connectivity index (χ4v) is 3.13. The molecule has 1 amide bonds. The van der Waals surface area contributed by atoms with Gasteiger partial charge in [-0.15, -0.1) is 0 Å². The number of pyridine rings is 1. The van der Waals surface area contributed by atoms with Gasteiger partial charge in [-0.25, -0.2) is 4.79 Å². The van der Waals surface area contributed by atoms with Crippen LogP contribution in [0.5, 0.6) is 0 Å². The number of amides is 1. The first-order chi connectivity index (χ1) is 11.8. The lowest BCUT2D eigenvalue weighted by molar-refractivity contribution is 0.0148. The van der Waals surface area contributed by atoms with Gasteiger partial charge in [0, 0.05) is 25.9 Å². The maximum absolute atomic E-state index is 12.2. The summed E-state index contributed by atoms with van der Waals surface area (Å²) in [4.78, 5) is 18.4. The van der Waals surface area contributed by atoms with Gasteiger partial charge >= 0.3 is 6.09 Å². The largest absolute Gasteiger partial charge is 0.444 e. The van der Waals surface area contributed by atoms with Crippen LogP contribution in [0.4, 0.5) is 4.79 Å². The summed E-state index contributed by atoms with van der Waals surface area (Å²) in [5.74, 6) is 0.537. The highest BCUT2D eigenvalue weighted by Crippen LogP contribution is 2.23. The molecule has 0 unspecified atom stereocenters. The predicted octanol–water partition coefficient (Wildman–Crippen LogP) is 4.59. The molecule has 1 aromatic heterocycles. The topological polar surface area (TPSA) is 51.7 Å². The van der Waals surface area contributed by atoms with E-state index in [0.717, 1.165) is 44.7 Å². The van der Waals surface area contributed by atoms with Crippen molar-refractivity contribution in [3.8, 4) is 0 Å². The van der Waals surface area contributed by atoms with Crippen molar-refractivity contribution in [2.75, 3.05) is 19.7 Å². The zero-order valence-electron chi connectivity index (χ0n) is 16.0. The summed E-state index contributed by atoms with van der Waals surface area (Å²) < 4.78 is 11.4. The highest BCUT2D eigenvalue weighted by Gasteiger charge is 2.27. The Kier molecular flexibility index (Phi) is 7.24. The van der Waals surface area contributed by atoms with Gasteiger partial charge in [0.05, 0.1) is 11.8 Å². The average Bonchev–Trinajstić information content (AvgIpc) is 2.58. The second-order valence-electron chi connectivity index (χ2n) is 7.84. The minimum Gasteiger partial charge on any atom is -0.444 e. The van der Waals surface area contributed by atoms with E-state index in [2.05, 4.69) is 4.98 Å². The SMILES string of the molecule is C[C@@H](OCCC[C@@H]1CCCN(C(=O)OC(C)(C)C)C1)c1ccccn1. The van der Waals surface area contributed by atoms with Gasteiger partial charge in [-0.05, 0) is 71.4 Å². The molecule has 0 bridgehead atoms. The van der Waals surface area contributed by atoms with Crippen molar-refractivity contribution in [1.82, 2.24) is 9.88 Å². The minimum absolute atomic E-state index is 0.0193. The number of hydrogen-bond donors (Lipinski definition) is 0. The van der Waals surface area contributed by atoms with E-state index in [1.54, 1.807) is 6.20 Å². The van der Waals surface area contributed by atoms with E-state index in [-0.39, 0.29) is 12.2 Å². The van der Waals surface area contributed by atoms with Gasteiger partial charge in [0.1, 0.15) is 5.60 Å². The second-order valence-corrected chi connectivity index (χ2v) is 7.84. The number of ether oxygens (including phenoxy) is 2. The van der Waals surface area contributed by atoms with Gasteiger partial charge < -0.3 is 14.4 Å². The molecule has 1 aliphatic heterocycles. The summed E-state index contributed by atoms with van der Waals surface area (Å²) in [5, 5.41) is 0. The molecule has 2 atom stereocenters. The fraction of sp³-hybridized carbons (Fsp3) is 0.700. The molecular formula is C20H32N2O3. The first-order valence-electron chi connectivity index (χ1n) is 9.35. The lowest BCUT2D eigenvalue weighted by Crippen LogP contribution is -2.42. The Morgan fingerprint density at radius 1 is 1.40 bits per heavy atom. The molecule has 0 spiro atoms. The third-order valence-corrected chi connectivity index (χ3v) is 4.40. The van der Waals surface area contributed by atoms with Gasteiger partial charge in [-0.3, -0.25) is 4.98 Å². The molecule has 0 aromatic carbocycles. The smallest absolute Gasteiger partial charge is 0.410 e. The Morgan fingerprint density at radius 3 is 2.88 bits per heavy atom. The van der Waals surface area contributed by atoms with E-state index in [0.29, 0.717) is 5.92 Å². The molecule has 5 nitrogen and oxygen atoms in total. The summed E-state index contributed by atoms with van der Waals surface area (Å²) in [6.07, 6.45) is 5.94. The predicted molar refractivity (Wildman–Crippen MR) is 98.4 cm³/mol. The molecular weight excluding hydrogens is 316 g/mol. The van der Waals surface area contributed by atoms with Crippen LogP contribution in [0, 0.1) is 5.92 Å². The van der Waals surface area contributed by atoms with Crippen molar-refractivity contribution in [2.24, 2.45) is 5.92 Å². The molecule has 1 aromatic rings. The van der Waals surface area contributed by atoms with Crippen LogP contribution in [0.1, 0.15) is 65.2 Å². The number of nitrogens with zero attached hydrogens (tertiary/aromatic N) is 2. The Bertz CT molecular complexity index is 527. The summed E-state index contributed by atoms with van der Waals surface area (Å²) in [5.41, 5.74) is 0.538. The molecule has 0 aliphatic carbocycles. The van der Waals surface area contributed by atoms with E-state index in [4.69, 9.17) is 9.47 Å². The van der Waals surface area contributed by atoms with E-state index in [1.165, 1.54) is 6.42 Å². The van der Waals surface area contributed by atoms with Crippen molar-refractivity contribution in [1.29, 1.82) is 0 Å². The Labute approximate surface area is 151 Å². The van der Waals surface area contributed by atoms with Crippen molar-refractivity contribution in [3.05, 3.63) is 30.1 Å². The number of carbonyl (C=O) groups excluding carboxylic acids is 1. The molecule has 140 valence electrons. The standard InChI is InChI=1S/C20H32N2O3/c1-16(18-11-5-6-12-21-18)24-14-8-10-17-9-7-13-22(15-17)19(23)25-20(2,3)4/h5-6,11-12,16-17H,7-10,13-15H2,1-4H3/t16-,17+/m1/s1. The molecule has 25 heavy (non-hydrogen) atoms. The molecule has 1 saturated heterocycles. The third kappa shape index (κ3) is 7.02. The van der Waals surface area contributed by atoms with Crippen molar-refractivity contribution < 1.29 is 14.3 Å². The molecule has 0 radical (unpaired) electrons.